The SMILES string of the molecule is CN(CCCO[Si](C)(C)C(C)(C)C)c1nc(Cl)ncc1F. The van der Waals surface area contributed by atoms with Gasteiger partial charge < -0.3 is 9.33 Å². The Hall–Kier alpha value is -0.723. The van der Waals surface area contributed by atoms with Gasteiger partial charge in [-0.25, -0.2) is 9.37 Å². The first-order valence-corrected chi connectivity index (χ1v) is 10.4. The van der Waals surface area contributed by atoms with Crippen LogP contribution in [0.2, 0.25) is 23.4 Å². The molecule has 0 radical (unpaired) electrons. The molecule has 1 aromatic heterocycles. The molecule has 7 heteroatoms. The largest absolute Gasteiger partial charge is 0.417 e. The second-order valence-electron chi connectivity index (χ2n) is 6.69. The van der Waals surface area contributed by atoms with Gasteiger partial charge >= 0.3 is 0 Å². The summed E-state index contributed by atoms with van der Waals surface area (Å²) in [5.41, 5.74) is 0. The number of hydrogen-bond acceptors (Lipinski definition) is 4. The summed E-state index contributed by atoms with van der Waals surface area (Å²) in [6, 6.07) is 0. The van der Waals surface area contributed by atoms with Crippen LogP contribution in [0, 0.1) is 5.82 Å². The molecule has 0 aromatic carbocycles. The predicted octanol–water partition coefficient (Wildman–Crippen LogP) is 4.12. The Kier molecular flexibility index (Phi) is 6.13. The quantitative estimate of drug-likeness (QED) is 0.446. The summed E-state index contributed by atoms with van der Waals surface area (Å²) >= 11 is 5.70. The number of aromatic nitrogens is 2. The minimum atomic E-state index is -1.72. The van der Waals surface area contributed by atoms with Gasteiger partial charge in [0.1, 0.15) is 0 Å². The first-order chi connectivity index (χ1) is 9.54. The predicted molar refractivity (Wildman–Crippen MR) is 88.0 cm³/mol. The molecular formula is C14H25ClFN3OSi. The fraction of sp³-hybridized carbons (Fsp3) is 0.714. The topological polar surface area (TPSA) is 38.2 Å². The van der Waals surface area contributed by atoms with Crippen molar-refractivity contribution in [2.75, 3.05) is 25.1 Å². The zero-order chi connectivity index (χ0) is 16.3. The summed E-state index contributed by atoms with van der Waals surface area (Å²) < 4.78 is 19.7. The number of rotatable bonds is 6. The standard InChI is InChI=1S/C14H25ClFN3OSi/c1-14(2,3)21(5,6)20-9-7-8-19(4)12-11(16)10-17-13(15)18-12/h10H,7-9H2,1-6H3. The lowest BCUT2D eigenvalue weighted by Crippen LogP contribution is -2.41. The smallest absolute Gasteiger partial charge is 0.224 e. The van der Waals surface area contributed by atoms with Gasteiger partial charge in [0.05, 0.1) is 6.20 Å². The van der Waals surface area contributed by atoms with E-state index in [-0.39, 0.29) is 16.1 Å². The maximum absolute atomic E-state index is 13.6. The number of halogens is 2. The van der Waals surface area contributed by atoms with Gasteiger partial charge in [-0.15, -0.1) is 0 Å². The molecule has 0 fully saturated rings. The average molecular weight is 334 g/mol. The lowest BCUT2D eigenvalue weighted by atomic mass is 10.2. The molecule has 0 amide bonds. The number of nitrogens with zero attached hydrogens (tertiary/aromatic N) is 3. The van der Waals surface area contributed by atoms with E-state index in [2.05, 4.69) is 43.8 Å². The van der Waals surface area contributed by atoms with E-state index in [0.29, 0.717) is 13.2 Å². The van der Waals surface area contributed by atoms with E-state index in [0.717, 1.165) is 12.6 Å². The molecule has 0 saturated carbocycles. The highest BCUT2D eigenvalue weighted by molar-refractivity contribution is 6.74. The summed E-state index contributed by atoms with van der Waals surface area (Å²) in [6.07, 6.45) is 1.90. The van der Waals surface area contributed by atoms with Crippen molar-refractivity contribution in [2.45, 2.75) is 45.3 Å². The second-order valence-corrected chi connectivity index (χ2v) is 11.8. The number of anilines is 1. The Morgan fingerprint density at radius 2 is 2.00 bits per heavy atom. The molecule has 0 saturated heterocycles. The lowest BCUT2D eigenvalue weighted by Gasteiger charge is -2.36. The number of hydrogen-bond donors (Lipinski definition) is 0. The first-order valence-electron chi connectivity index (χ1n) is 7.08. The molecule has 0 atom stereocenters. The van der Waals surface area contributed by atoms with Gasteiger partial charge in [0.25, 0.3) is 0 Å². The zero-order valence-corrected chi connectivity index (χ0v) is 15.5. The summed E-state index contributed by atoms with van der Waals surface area (Å²) in [4.78, 5) is 9.26. The van der Waals surface area contributed by atoms with Gasteiger partial charge in [0.2, 0.25) is 5.28 Å². The van der Waals surface area contributed by atoms with Crippen molar-refractivity contribution >= 4 is 25.7 Å². The van der Waals surface area contributed by atoms with Gasteiger partial charge in [-0.2, -0.15) is 4.98 Å². The molecule has 0 bridgehead atoms. The Labute approximate surface area is 132 Å². The second kappa shape index (κ2) is 7.02. The molecule has 0 N–H and O–H groups in total. The zero-order valence-electron chi connectivity index (χ0n) is 13.7. The highest BCUT2D eigenvalue weighted by Gasteiger charge is 2.36. The van der Waals surface area contributed by atoms with Crippen molar-refractivity contribution in [3.63, 3.8) is 0 Å². The first kappa shape index (κ1) is 18.3. The monoisotopic (exact) mass is 333 g/mol. The van der Waals surface area contributed by atoms with E-state index in [1.165, 1.54) is 0 Å². The maximum Gasteiger partial charge on any atom is 0.224 e. The van der Waals surface area contributed by atoms with E-state index >= 15 is 0 Å². The minimum absolute atomic E-state index is 0.0516. The van der Waals surface area contributed by atoms with Crippen LogP contribution in [0.15, 0.2) is 6.20 Å². The summed E-state index contributed by atoms with van der Waals surface area (Å²) in [5, 5.41) is 0.251. The third kappa shape index (κ3) is 5.20. The molecular weight excluding hydrogens is 309 g/mol. The summed E-state index contributed by atoms with van der Waals surface area (Å²) in [6.45, 7) is 12.4. The van der Waals surface area contributed by atoms with Crippen LogP contribution in [0.3, 0.4) is 0 Å². The van der Waals surface area contributed by atoms with Gasteiger partial charge in [-0.3, -0.25) is 0 Å². The van der Waals surface area contributed by atoms with E-state index in [1.54, 1.807) is 11.9 Å². The molecule has 0 spiro atoms. The van der Waals surface area contributed by atoms with Crippen LogP contribution in [-0.4, -0.2) is 38.5 Å². The van der Waals surface area contributed by atoms with Crippen LogP contribution in [-0.2, 0) is 4.43 Å². The normalized spacial score (nSPS) is 12.6. The van der Waals surface area contributed by atoms with E-state index in [1.807, 2.05) is 0 Å². The minimum Gasteiger partial charge on any atom is -0.417 e. The van der Waals surface area contributed by atoms with E-state index in [9.17, 15) is 4.39 Å². The molecule has 0 aliphatic heterocycles. The van der Waals surface area contributed by atoms with Gasteiger partial charge in [-0.05, 0) is 36.2 Å². The molecule has 1 heterocycles. The van der Waals surface area contributed by atoms with Gasteiger partial charge in [0, 0.05) is 20.2 Å². The van der Waals surface area contributed by atoms with Crippen LogP contribution in [0.1, 0.15) is 27.2 Å². The maximum atomic E-state index is 13.6. The van der Waals surface area contributed by atoms with Crippen LogP contribution in [0.4, 0.5) is 10.2 Å². The average Bonchev–Trinajstić information content (AvgIpc) is 2.36. The van der Waals surface area contributed by atoms with Crippen LogP contribution < -0.4 is 4.90 Å². The van der Waals surface area contributed by atoms with Crippen molar-refractivity contribution in [1.82, 2.24) is 9.97 Å². The molecule has 1 aromatic rings. The van der Waals surface area contributed by atoms with Crippen molar-refractivity contribution in [3.8, 4) is 0 Å². The van der Waals surface area contributed by atoms with Gasteiger partial charge in [0.15, 0.2) is 20.0 Å². The fourth-order valence-corrected chi connectivity index (χ4v) is 2.77. The third-order valence-corrected chi connectivity index (χ3v) is 8.69. The van der Waals surface area contributed by atoms with Gasteiger partial charge in [-0.1, -0.05) is 20.8 Å². The van der Waals surface area contributed by atoms with Crippen molar-refractivity contribution in [1.29, 1.82) is 0 Å². The molecule has 0 aliphatic rings. The fourth-order valence-electron chi connectivity index (χ4n) is 1.56. The van der Waals surface area contributed by atoms with E-state index in [4.69, 9.17) is 16.0 Å². The Bertz CT molecular complexity index is 480. The highest BCUT2D eigenvalue weighted by Crippen LogP contribution is 2.36. The third-order valence-electron chi connectivity index (χ3n) is 3.96. The van der Waals surface area contributed by atoms with Crippen LogP contribution >= 0.6 is 11.6 Å². The van der Waals surface area contributed by atoms with E-state index < -0.39 is 14.1 Å². The molecule has 1 rings (SSSR count). The molecule has 4 nitrogen and oxygen atoms in total. The van der Waals surface area contributed by atoms with Crippen molar-refractivity contribution < 1.29 is 8.82 Å². The summed E-state index contributed by atoms with van der Waals surface area (Å²) in [7, 11) is 0.0704. The Morgan fingerprint density at radius 3 is 2.57 bits per heavy atom. The Balaban J connectivity index is 2.48. The molecule has 0 unspecified atom stereocenters. The Morgan fingerprint density at radius 1 is 1.38 bits per heavy atom. The highest BCUT2D eigenvalue weighted by atomic mass is 35.5. The van der Waals surface area contributed by atoms with Crippen molar-refractivity contribution in [2.24, 2.45) is 0 Å². The van der Waals surface area contributed by atoms with Crippen LogP contribution in [0.25, 0.3) is 0 Å². The molecule has 21 heavy (non-hydrogen) atoms. The molecule has 0 aliphatic carbocycles. The van der Waals surface area contributed by atoms with Crippen molar-refractivity contribution in [3.05, 3.63) is 17.3 Å². The molecule has 120 valence electrons. The lowest BCUT2D eigenvalue weighted by molar-refractivity contribution is 0.284. The van der Waals surface area contributed by atoms with Crippen LogP contribution in [0.5, 0.6) is 0 Å². The summed E-state index contributed by atoms with van der Waals surface area (Å²) in [5.74, 6) is -0.241.